The predicted molar refractivity (Wildman–Crippen MR) is 74.5 cm³/mol. The fraction of sp³-hybridized carbons (Fsp3) is 0.154. The van der Waals surface area contributed by atoms with Crippen LogP contribution in [0.5, 0.6) is 5.88 Å². The molecule has 0 spiro atoms. The summed E-state index contributed by atoms with van der Waals surface area (Å²) >= 11 is 0. The van der Waals surface area contributed by atoms with Crippen LogP contribution in [0.25, 0.3) is 0 Å². The van der Waals surface area contributed by atoms with Crippen molar-refractivity contribution in [3.8, 4) is 5.88 Å². The Morgan fingerprint density at radius 1 is 1.29 bits per heavy atom. The van der Waals surface area contributed by atoms with E-state index in [1.165, 1.54) is 43.5 Å². The number of amides is 1. The van der Waals surface area contributed by atoms with Gasteiger partial charge in [0.2, 0.25) is 11.8 Å². The van der Waals surface area contributed by atoms with Crippen LogP contribution in [-0.4, -0.2) is 27.9 Å². The molecule has 21 heavy (non-hydrogen) atoms. The van der Waals surface area contributed by atoms with Crippen molar-refractivity contribution < 1.29 is 14.5 Å². The van der Waals surface area contributed by atoms with Gasteiger partial charge in [-0.1, -0.05) is 0 Å². The van der Waals surface area contributed by atoms with E-state index < -0.39 is 4.92 Å². The van der Waals surface area contributed by atoms with Gasteiger partial charge in [0.25, 0.3) is 5.69 Å². The smallest absolute Gasteiger partial charge is 0.274 e. The summed E-state index contributed by atoms with van der Waals surface area (Å²) in [6.07, 6.45) is 2.75. The Labute approximate surface area is 120 Å². The van der Waals surface area contributed by atoms with Gasteiger partial charge < -0.3 is 4.74 Å². The molecule has 0 radical (unpaired) electrons. The van der Waals surface area contributed by atoms with E-state index >= 15 is 0 Å². The summed E-state index contributed by atoms with van der Waals surface area (Å²) < 4.78 is 5.00. The van der Waals surface area contributed by atoms with Gasteiger partial charge in [-0.3, -0.25) is 19.8 Å². The van der Waals surface area contributed by atoms with Crippen LogP contribution in [-0.2, 0) is 4.79 Å². The Kier molecular flexibility index (Phi) is 4.07. The number of nitrogens with zero attached hydrogens (tertiary/aromatic N) is 4. The molecule has 0 aromatic carbocycles. The van der Waals surface area contributed by atoms with E-state index in [0.29, 0.717) is 11.6 Å². The Balaban J connectivity index is 2.50. The van der Waals surface area contributed by atoms with Gasteiger partial charge in [0.1, 0.15) is 5.82 Å². The molecule has 0 aliphatic carbocycles. The number of hydrogen-bond donors (Lipinski definition) is 0. The molecular formula is C13H12N4O4. The summed E-state index contributed by atoms with van der Waals surface area (Å²) in [5.41, 5.74) is 0.314. The molecule has 0 N–H and O–H groups in total. The number of hydrogen-bond acceptors (Lipinski definition) is 6. The van der Waals surface area contributed by atoms with Crippen molar-refractivity contribution in [2.45, 2.75) is 6.92 Å². The number of aromatic nitrogens is 2. The monoisotopic (exact) mass is 288 g/mol. The third kappa shape index (κ3) is 3.11. The van der Waals surface area contributed by atoms with Gasteiger partial charge in [-0.25, -0.2) is 9.97 Å². The van der Waals surface area contributed by atoms with Crippen molar-refractivity contribution in [1.82, 2.24) is 9.97 Å². The van der Waals surface area contributed by atoms with E-state index in [-0.39, 0.29) is 17.4 Å². The fourth-order valence-electron chi connectivity index (χ4n) is 1.77. The summed E-state index contributed by atoms with van der Waals surface area (Å²) in [4.78, 5) is 31.4. The van der Waals surface area contributed by atoms with Crippen molar-refractivity contribution in [3.63, 3.8) is 0 Å². The number of methoxy groups -OCH3 is 1. The zero-order valence-electron chi connectivity index (χ0n) is 11.4. The van der Waals surface area contributed by atoms with Crippen LogP contribution in [0.15, 0.2) is 36.7 Å². The molecule has 0 bridgehead atoms. The van der Waals surface area contributed by atoms with E-state index in [9.17, 15) is 14.9 Å². The highest BCUT2D eigenvalue weighted by Crippen LogP contribution is 2.27. The third-order valence-electron chi connectivity index (χ3n) is 2.67. The Morgan fingerprint density at radius 3 is 2.62 bits per heavy atom. The molecular weight excluding hydrogens is 276 g/mol. The van der Waals surface area contributed by atoms with Crippen LogP contribution in [0.2, 0.25) is 0 Å². The number of carbonyl (C=O) groups excluding carboxylic acids is 1. The molecule has 2 aromatic heterocycles. The fourth-order valence-corrected chi connectivity index (χ4v) is 1.77. The summed E-state index contributed by atoms with van der Waals surface area (Å²) in [6, 6.07) is 5.62. The number of carbonyl (C=O) groups is 1. The lowest BCUT2D eigenvalue weighted by atomic mass is 10.3. The zero-order valence-corrected chi connectivity index (χ0v) is 11.4. The maximum Gasteiger partial charge on any atom is 0.274 e. The maximum absolute atomic E-state index is 11.9. The molecule has 8 nitrogen and oxygen atoms in total. The molecule has 108 valence electrons. The second-order valence-corrected chi connectivity index (χ2v) is 4.04. The Bertz CT molecular complexity index is 689. The SMILES string of the molecule is COc1cc(N(C(C)=O)c2cc([N+](=O)[O-])ccn2)ccn1. The lowest BCUT2D eigenvalue weighted by Crippen LogP contribution is -2.23. The molecule has 0 aliphatic heterocycles. The molecule has 2 rings (SSSR count). The minimum absolute atomic E-state index is 0.146. The van der Waals surface area contributed by atoms with Gasteiger partial charge in [-0.05, 0) is 6.07 Å². The predicted octanol–water partition coefficient (Wildman–Crippen LogP) is 2.08. The van der Waals surface area contributed by atoms with E-state index in [0.717, 1.165) is 0 Å². The highest BCUT2D eigenvalue weighted by atomic mass is 16.6. The van der Waals surface area contributed by atoms with Gasteiger partial charge in [0, 0.05) is 31.5 Å². The van der Waals surface area contributed by atoms with Crippen LogP contribution >= 0.6 is 0 Å². The number of pyridine rings is 2. The van der Waals surface area contributed by atoms with Gasteiger partial charge in [-0.2, -0.15) is 0 Å². The molecule has 8 heteroatoms. The van der Waals surface area contributed by atoms with Crippen molar-refractivity contribution in [2.75, 3.05) is 12.0 Å². The first kappa shape index (κ1) is 14.4. The first-order valence-electron chi connectivity index (χ1n) is 5.94. The van der Waals surface area contributed by atoms with Crippen molar-refractivity contribution in [1.29, 1.82) is 0 Å². The highest BCUT2D eigenvalue weighted by Gasteiger charge is 2.19. The molecule has 0 fully saturated rings. The molecule has 0 saturated carbocycles. The summed E-state index contributed by atoms with van der Waals surface area (Å²) in [5.74, 6) is 0.144. The van der Waals surface area contributed by atoms with Gasteiger partial charge in [-0.15, -0.1) is 0 Å². The van der Waals surface area contributed by atoms with E-state index in [1.54, 1.807) is 12.1 Å². The summed E-state index contributed by atoms with van der Waals surface area (Å²) in [6.45, 7) is 1.34. The molecule has 0 unspecified atom stereocenters. The quantitative estimate of drug-likeness (QED) is 0.631. The van der Waals surface area contributed by atoms with Gasteiger partial charge in [0.05, 0.1) is 23.8 Å². The number of nitro groups is 1. The molecule has 2 aromatic rings. The van der Waals surface area contributed by atoms with Gasteiger partial charge >= 0.3 is 0 Å². The third-order valence-corrected chi connectivity index (χ3v) is 2.67. The summed E-state index contributed by atoms with van der Waals surface area (Å²) in [7, 11) is 1.45. The topological polar surface area (TPSA) is 98.5 Å². The number of anilines is 2. The first-order chi connectivity index (χ1) is 10.0. The maximum atomic E-state index is 11.9. The number of rotatable bonds is 4. The van der Waals surface area contributed by atoms with E-state index in [4.69, 9.17) is 4.74 Å². The minimum Gasteiger partial charge on any atom is -0.481 e. The minimum atomic E-state index is -0.545. The normalized spacial score (nSPS) is 10.0. The summed E-state index contributed by atoms with van der Waals surface area (Å²) in [5, 5.41) is 10.8. The standard InChI is InChI=1S/C13H12N4O4/c1-9(18)16(10-3-6-15-13(8-10)21-2)12-7-11(17(19)20)4-5-14-12/h3-8H,1-2H3. The average molecular weight is 288 g/mol. The zero-order chi connectivity index (χ0) is 15.4. The molecule has 0 atom stereocenters. The van der Waals surface area contributed by atoms with Crippen LogP contribution in [0, 0.1) is 10.1 Å². The van der Waals surface area contributed by atoms with Crippen LogP contribution in [0.1, 0.15) is 6.92 Å². The Morgan fingerprint density at radius 2 is 2.00 bits per heavy atom. The molecule has 0 saturated heterocycles. The van der Waals surface area contributed by atoms with Crippen molar-refractivity contribution in [3.05, 3.63) is 46.8 Å². The largest absolute Gasteiger partial charge is 0.481 e. The molecule has 1 amide bonds. The van der Waals surface area contributed by atoms with Gasteiger partial charge in [0.15, 0.2) is 0 Å². The van der Waals surface area contributed by atoms with Crippen molar-refractivity contribution in [2.24, 2.45) is 0 Å². The number of ether oxygens (including phenoxy) is 1. The highest BCUT2D eigenvalue weighted by molar-refractivity contribution is 5.98. The Hall–Kier alpha value is -3.03. The lowest BCUT2D eigenvalue weighted by molar-refractivity contribution is -0.384. The lowest BCUT2D eigenvalue weighted by Gasteiger charge is -2.20. The second-order valence-electron chi connectivity index (χ2n) is 4.04. The van der Waals surface area contributed by atoms with Crippen LogP contribution in [0.4, 0.5) is 17.2 Å². The second kappa shape index (κ2) is 5.95. The van der Waals surface area contributed by atoms with Crippen LogP contribution < -0.4 is 9.64 Å². The average Bonchev–Trinajstić information content (AvgIpc) is 2.47. The molecule has 0 aliphatic rings. The van der Waals surface area contributed by atoms with Crippen molar-refractivity contribution >= 4 is 23.1 Å². The van der Waals surface area contributed by atoms with Crippen LogP contribution in [0.3, 0.4) is 0 Å². The molecule has 2 heterocycles. The van der Waals surface area contributed by atoms with E-state index in [2.05, 4.69) is 9.97 Å². The first-order valence-corrected chi connectivity index (χ1v) is 5.94. The van der Waals surface area contributed by atoms with E-state index in [1.807, 2.05) is 0 Å².